The third kappa shape index (κ3) is 4.27. The summed E-state index contributed by atoms with van der Waals surface area (Å²) < 4.78 is 5.07. The van der Waals surface area contributed by atoms with E-state index in [1.807, 2.05) is 0 Å². The number of rotatable bonds is 6. The number of esters is 1. The smallest absolute Gasteiger partial charge is 0.307 e. The van der Waals surface area contributed by atoms with Crippen molar-refractivity contribution in [2.45, 2.75) is 38.6 Å². The molecule has 0 amide bonds. The number of non-ortho nitro benzene ring substituents is 1. The molecule has 1 aliphatic rings. The van der Waals surface area contributed by atoms with E-state index in [0.717, 1.165) is 31.5 Å². The molecule has 1 saturated heterocycles. The standard InChI is InChI=1S/C16H22N2O4/c1-2-22-16(19)12-15(17-10-4-3-5-11-17)13-6-8-14(9-7-13)18(20)21/h6-9,15H,2-5,10-12H2,1H3/t15-/m0/s1. The molecule has 1 aromatic carbocycles. The fraction of sp³-hybridized carbons (Fsp3) is 0.562. The van der Waals surface area contributed by atoms with Crippen LogP contribution in [0.3, 0.4) is 0 Å². The predicted molar refractivity (Wildman–Crippen MR) is 82.5 cm³/mol. The highest BCUT2D eigenvalue weighted by molar-refractivity contribution is 5.70. The number of likely N-dealkylation sites (tertiary alicyclic amines) is 1. The quantitative estimate of drug-likeness (QED) is 0.459. The number of carbonyl (C=O) groups excluding carboxylic acids is 1. The van der Waals surface area contributed by atoms with Crippen molar-refractivity contribution in [1.82, 2.24) is 4.90 Å². The summed E-state index contributed by atoms with van der Waals surface area (Å²) in [4.78, 5) is 24.5. The van der Waals surface area contributed by atoms with E-state index in [1.165, 1.54) is 18.6 Å². The van der Waals surface area contributed by atoms with E-state index in [4.69, 9.17) is 4.74 Å². The van der Waals surface area contributed by atoms with Gasteiger partial charge in [0.25, 0.3) is 5.69 Å². The summed E-state index contributed by atoms with van der Waals surface area (Å²) in [5.41, 5.74) is 0.998. The Labute approximate surface area is 130 Å². The first kappa shape index (κ1) is 16.4. The van der Waals surface area contributed by atoms with E-state index < -0.39 is 4.92 Å². The molecule has 120 valence electrons. The number of nitro benzene ring substituents is 1. The first-order valence-corrected chi connectivity index (χ1v) is 7.76. The van der Waals surface area contributed by atoms with Gasteiger partial charge in [0, 0.05) is 18.2 Å². The van der Waals surface area contributed by atoms with Crippen molar-refractivity contribution in [2.75, 3.05) is 19.7 Å². The van der Waals surface area contributed by atoms with Crippen molar-refractivity contribution in [1.29, 1.82) is 0 Å². The van der Waals surface area contributed by atoms with Gasteiger partial charge in [-0.05, 0) is 38.4 Å². The number of ether oxygens (including phenoxy) is 1. The summed E-state index contributed by atoms with van der Waals surface area (Å²) in [6.07, 6.45) is 3.73. The minimum atomic E-state index is -0.412. The van der Waals surface area contributed by atoms with Crippen molar-refractivity contribution in [3.8, 4) is 0 Å². The first-order chi connectivity index (χ1) is 10.6. The molecule has 0 saturated carbocycles. The molecule has 1 heterocycles. The van der Waals surface area contributed by atoms with Gasteiger partial charge in [-0.1, -0.05) is 18.6 Å². The van der Waals surface area contributed by atoms with Gasteiger partial charge in [0.2, 0.25) is 0 Å². The largest absolute Gasteiger partial charge is 0.466 e. The molecule has 0 aliphatic carbocycles. The van der Waals surface area contributed by atoms with E-state index in [9.17, 15) is 14.9 Å². The van der Waals surface area contributed by atoms with Gasteiger partial charge < -0.3 is 4.74 Å². The molecule has 2 rings (SSSR count). The lowest BCUT2D eigenvalue weighted by molar-refractivity contribution is -0.384. The Balaban J connectivity index is 2.18. The van der Waals surface area contributed by atoms with Gasteiger partial charge in [-0.25, -0.2) is 0 Å². The van der Waals surface area contributed by atoms with Crippen LogP contribution in [0.2, 0.25) is 0 Å². The fourth-order valence-electron chi connectivity index (χ4n) is 2.88. The summed E-state index contributed by atoms with van der Waals surface area (Å²) in [6, 6.07) is 6.42. The zero-order valence-electron chi connectivity index (χ0n) is 12.9. The fourth-order valence-corrected chi connectivity index (χ4v) is 2.88. The third-order valence-electron chi connectivity index (χ3n) is 3.99. The van der Waals surface area contributed by atoms with Crippen LogP contribution in [0.4, 0.5) is 5.69 Å². The molecule has 1 aliphatic heterocycles. The van der Waals surface area contributed by atoms with Crippen LogP contribution < -0.4 is 0 Å². The maximum Gasteiger partial charge on any atom is 0.307 e. The normalized spacial score (nSPS) is 17.0. The van der Waals surface area contributed by atoms with Gasteiger partial charge in [-0.3, -0.25) is 19.8 Å². The lowest BCUT2D eigenvalue weighted by Gasteiger charge is -2.34. The topological polar surface area (TPSA) is 72.7 Å². The summed E-state index contributed by atoms with van der Waals surface area (Å²) in [5, 5.41) is 10.8. The molecule has 0 unspecified atom stereocenters. The van der Waals surface area contributed by atoms with Gasteiger partial charge in [-0.15, -0.1) is 0 Å². The Morgan fingerprint density at radius 2 is 1.91 bits per heavy atom. The summed E-state index contributed by atoms with van der Waals surface area (Å²) >= 11 is 0. The zero-order chi connectivity index (χ0) is 15.9. The van der Waals surface area contributed by atoms with Crippen LogP contribution in [0.15, 0.2) is 24.3 Å². The van der Waals surface area contributed by atoms with Gasteiger partial charge in [0.1, 0.15) is 0 Å². The second-order valence-corrected chi connectivity index (χ2v) is 5.47. The lowest BCUT2D eigenvalue weighted by atomic mass is 9.98. The molecular weight excluding hydrogens is 284 g/mol. The summed E-state index contributed by atoms with van der Waals surface area (Å²) in [7, 11) is 0. The average Bonchev–Trinajstić information content (AvgIpc) is 2.54. The molecular formula is C16H22N2O4. The Morgan fingerprint density at radius 1 is 1.27 bits per heavy atom. The molecule has 0 radical (unpaired) electrons. The van der Waals surface area contributed by atoms with E-state index in [0.29, 0.717) is 6.61 Å². The maximum absolute atomic E-state index is 11.9. The predicted octanol–water partition coefficient (Wildman–Crippen LogP) is 3.08. The first-order valence-electron chi connectivity index (χ1n) is 7.76. The number of benzene rings is 1. The van der Waals surface area contributed by atoms with Gasteiger partial charge in [0.15, 0.2) is 0 Å². The van der Waals surface area contributed by atoms with Crippen LogP contribution in [-0.2, 0) is 9.53 Å². The SMILES string of the molecule is CCOC(=O)C[C@@H](c1ccc([N+](=O)[O-])cc1)N1CCCCC1. The summed E-state index contributed by atoms with van der Waals surface area (Å²) in [6.45, 7) is 4.05. The van der Waals surface area contributed by atoms with Crippen molar-refractivity contribution >= 4 is 11.7 Å². The molecule has 0 N–H and O–H groups in total. The Hall–Kier alpha value is -1.95. The molecule has 1 atom stereocenters. The minimum absolute atomic E-state index is 0.0669. The van der Waals surface area contributed by atoms with Crippen molar-refractivity contribution in [2.24, 2.45) is 0 Å². The molecule has 6 heteroatoms. The lowest BCUT2D eigenvalue weighted by Crippen LogP contribution is -2.35. The monoisotopic (exact) mass is 306 g/mol. The van der Waals surface area contributed by atoms with Crippen LogP contribution in [-0.4, -0.2) is 35.5 Å². The van der Waals surface area contributed by atoms with Crippen LogP contribution in [0.5, 0.6) is 0 Å². The third-order valence-corrected chi connectivity index (χ3v) is 3.99. The Bertz CT molecular complexity index is 509. The molecule has 1 aromatic rings. The molecule has 22 heavy (non-hydrogen) atoms. The van der Waals surface area contributed by atoms with Crippen molar-refractivity contribution in [3.05, 3.63) is 39.9 Å². The van der Waals surface area contributed by atoms with Crippen molar-refractivity contribution < 1.29 is 14.5 Å². The number of hydrogen-bond donors (Lipinski definition) is 0. The minimum Gasteiger partial charge on any atom is -0.466 e. The summed E-state index contributed by atoms with van der Waals surface area (Å²) in [5.74, 6) is -0.226. The Kier molecular flexibility index (Phi) is 5.89. The number of hydrogen-bond acceptors (Lipinski definition) is 5. The zero-order valence-corrected chi connectivity index (χ0v) is 12.9. The highest BCUT2D eigenvalue weighted by Gasteiger charge is 2.25. The second-order valence-electron chi connectivity index (χ2n) is 5.47. The van der Waals surface area contributed by atoms with Gasteiger partial charge in [-0.2, -0.15) is 0 Å². The number of piperidine rings is 1. The van der Waals surface area contributed by atoms with E-state index >= 15 is 0 Å². The molecule has 0 aromatic heterocycles. The number of nitro groups is 1. The average molecular weight is 306 g/mol. The molecule has 6 nitrogen and oxygen atoms in total. The molecule has 0 spiro atoms. The Morgan fingerprint density at radius 3 is 2.45 bits per heavy atom. The van der Waals surface area contributed by atoms with E-state index in [-0.39, 0.29) is 24.1 Å². The van der Waals surface area contributed by atoms with Gasteiger partial charge in [0.05, 0.1) is 18.0 Å². The molecule has 0 bridgehead atoms. The van der Waals surface area contributed by atoms with Crippen LogP contribution >= 0.6 is 0 Å². The van der Waals surface area contributed by atoms with Crippen LogP contribution in [0, 0.1) is 10.1 Å². The van der Waals surface area contributed by atoms with E-state index in [1.54, 1.807) is 19.1 Å². The number of nitrogens with zero attached hydrogens (tertiary/aromatic N) is 2. The van der Waals surface area contributed by atoms with Gasteiger partial charge >= 0.3 is 5.97 Å². The van der Waals surface area contributed by atoms with Crippen LogP contribution in [0.25, 0.3) is 0 Å². The van der Waals surface area contributed by atoms with Crippen LogP contribution in [0.1, 0.15) is 44.2 Å². The highest BCUT2D eigenvalue weighted by Crippen LogP contribution is 2.29. The number of carbonyl (C=O) groups is 1. The highest BCUT2D eigenvalue weighted by atomic mass is 16.6. The van der Waals surface area contributed by atoms with E-state index in [2.05, 4.69) is 4.90 Å². The van der Waals surface area contributed by atoms with Crippen molar-refractivity contribution in [3.63, 3.8) is 0 Å². The molecule has 1 fully saturated rings. The second kappa shape index (κ2) is 7.89. The maximum atomic E-state index is 11.9.